The number of nitrogens with one attached hydrogen (secondary N) is 1. The lowest BCUT2D eigenvalue weighted by Crippen LogP contribution is -2.01. The Morgan fingerprint density at radius 2 is 1.85 bits per heavy atom. The summed E-state index contributed by atoms with van der Waals surface area (Å²) >= 11 is 0. The fourth-order valence-corrected chi connectivity index (χ4v) is 3.27. The third kappa shape index (κ3) is 3.30. The van der Waals surface area contributed by atoms with Crippen molar-refractivity contribution < 1.29 is 28.9 Å². The number of carboxylic acids is 1. The van der Waals surface area contributed by atoms with Crippen molar-refractivity contribution in [2.45, 2.75) is 18.8 Å². The van der Waals surface area contributed by atoms with E-state index < -0.39 is 5.97 Å². The van der Waals surface area contributed by atoms with E-state index in [0.29, 0.717) is 34.1 Å². The minimum atomic E-state index is -1.02. The van der Waals surface area contributed by atoms with E-state index in [1.165, 1.54) is 27.5 Å². The number of carbonyl (C=O) groups is 1. The Kier molecular flexibility index (Phi) is 5.25. The molecule has 8 heteroatoms. The standard InChI is InChI=1S/C19H22N2O6/c1-24-13-8-7-11(17(25-2)18(13)26-3)15-12(9-20-27-4)21-16(19(22)23)14(15)10-5-6-10/h7-10,21H,5-6H2,1-4H3,(H,22,23)/b20-9+. The van der Waals surface area contributed by atoms with Crippen molar-refractivity contribution in [3.05, 3.63) is 29.1 Å². The molecule has 0 aliphatic heterocycles. The van der Waals surface area contributed by atoms with E-state index in [4.69, 9.17) is 19.0 Å². The van der Waals surface area contributed by atoms with Crippen molar-refractivity contribution in [1.82, 2.24) is 4.98 Å². The fraction of sp³-hybridized carbons (Fsp3) is 0.368. The van der Waals surface area contributed by atoms with E-state index in [2.05, 4.69) is 10.1 Å². The summed E-state index contributed by atoms with van der Waals surface area (Å²) in [6.45, 7) is 0. The Bertz CT molecular complexity index is 883. The lowest BCUT2D eigenvalue weighted by Gasteiger charge is -2.17. The molecule has 1 saturated carbocycles. The van der Waals surface area contributed by atoms with Gasteiger partial charge in [-0.3, -0.25) is 0 Å². The third-order valence-electron chi connectivity index (χ3n) is 4.53. The molecule has 1 aromatic carbocycles. The minimum absolute atomic E-state index is 0.155. The molecular formula is C19H22N2O6. The summed E-state index contributed by atoms with van der Waals surface area (Å²) in [5, 5.41) is 13.5. The van der Waals surface area contributed by atoms with Crippen LogP contribution in [0.15, 0.2) is 17.3 Å². The third-order valence-corrected chi connectivity index (χ3v) is 4.53. The van der Waals surface area contributed by atoms with Gasteiger partial charge < -0.3 is 29.1 Å². The molecule has 0 saturated heterocycles. The van der Waals surface area contributed by atoms with Gasteiger partial charge in [0.05, 0.1) is 33.2 Å². The van der Waals surface area contributed by atoms with Gasteiger partial charge in [-0.15, -0.1) is 0 Å². The normalized spacial score (nSPS) is 13.6. The minimum Gasteiger partial charge on any atom is -0.493 e. The van der Waals surface area contributed by atoms with Crippen molar-refractivity contribution in [1.29, 1.82) is 0 Å². The number of rotatable bonds is 8. The predicted molar refractivity (Wildman–Crippen MR) is 99.4 cm³/mol. The van der Waals surface area contributed by atoms with Gasteiger partial charge in [0.25, 0.3) is 0 Å². The van der Waals surface area contributed by atoms with Crippen LogP contribution >= 0.6 is 0 Å². The first kappa shape index (κ1) is 18.6. The van der Waals surface area contributed by atoms with Crippen LogP contribution in [-0.4, -0.2) is 50.7 Å². The van der Waals surface area contributed by atoms with Crippen LogP contribution in [0.4, 0.5) is 0 Å². The summed E-state index contributed by atoms with van der Waals surface area (Å²) in [6.07, 6.45) is 3.33. The largest absolute Gasteiger partial charge is 0.493 e. The number of aromatic nitrogens is 1. The average Bonchev–Trinajstić information content (AvgIpc) is 3.44. The molecule has 2 aromatic rings. The number of oxime groups is 1. The molecule has 0 spiro atoms. The SMILES string of the molecule is CO/N=C/c1[nH]c(C(=O)O)c(C2CC2)c1-c1ccc(OC)c(OC)c1OC. The molecule has 2 N–H and O–H groups in total. The number of nitrogens with zero attached hydrogens (tertiary/aromatic N) is 1. The van der Waals surface area contributed by atoms with Gasteiger partial charge in [-0.1, -0.05) is 5.16 Å². The second kappa shape index (κ2) is 7.61. The number of hydrogen-bond acceptors (Lipinski definition) is 6. The fourth-order valence-electron chi connectivity index (χ4n) is 3.27. The molecule has 8 nitrogen and oxygen atoms in total. The van der Waals surface area contributed by atoms with Gasteiger partial charge in [0.2, 0.25) is 5.75 Å². The number of carboxylic acid groups (broad SMARTS) is 1. The second-order valence-electron chi connectivity index (χ2n) is 6.08. The molecule has 1 fully saturated rings. The first-order chi connectivity index (χ1) is 13.1. The van der Waals surface area contributed by atoms with Crippen LogP contribution in [0.2, 0.25) is 0 Å². The molecule has 1 aliphatic carbocycles. The molecule has 0 radical (unpaired) electrons. The van der Waals surface area contributed by atoms with E-state index in [-0.39, 0.29) is 11.6 Å². The van der Waals surface area contributed by atoms with Crippen LogP contribution in [0.25, 0.3) is 11.1 Å². The van der Waals surface area contributed by atoms with Crippen LogP contribution in [0.1, 0.15) is 40.5 Å². The van der Waals surface area contributed by atoms with Gasteiger partial charge in [0, 0.05) is 11.1 Å². The summed E-state index contributed by atoms with van der Waals surface area (Å²) in [4.78, 5) is 19.6. The maximum absolute atomic E-state index is 11.8. The van der Waals surface area contributed by atoms with Crippen LogP contribution < -0.4 is 14.2 Å². The predicted octanol–water partition coefficient (Wildman–Crippen LogP) is 3.26. The first-order valence-corrected chi connectivity index (χ1v) is 8.42. The zero-order valence-corrected chi connectivity index (χ0v) is 15.7. The number of aromatic amines is 1. The Labute approximate surface area is 156 Å². The molecule has 0 atom stereocenters. The highest BCUT2D eigenvalue weighted by Gasteiger charge is 2.35. The lowest BCUT2D eigenvalue weighted by atomic mass is 9.95. The summed E-state index contributed by atoms with van der Waals surface area (Å²) in [5.41, 5.74) is 2.83. The van der Waals surface area contributed by atoms with Crippen LogP contribution in [0.5, 0.6) is 17.2 Å². The number of H-pyrrole nitrogens is 1. The molecule has 27 heavy (non-hydrogen) atoms. The quantitative estimate of drug-likeness (QED) is 0.543. The highest BCUT2D eigenvalue weighted by Crippen LogP contribution is 2.51. The Balaban J connectivity index is 2.33. The molecule has 3 rings (SSSR count). The molecule has 0 amide bonds. The number of benzene rings is 1. The number of aromatic carboxylic acids is 1. The number of ether oxygens (including phenoxy) is 3. The zero-order chi connectivity index (χ0) is 19.6. The van der Waals surface area contributed by atoms with E-state index in [9.17, 15) is 9.90 Å². The second-order valence-corrected chi connectivity index (χ2v) is 6.08. The summed E-state index contributed by atoms with van der Waals surface area (Å²) in [6, 6.07) is 3.59. The van der Waals surface area contributed by atoms with Gasteiger partial charge in [0.15, 0.2) is 11.5 Å². The molecule has 1 aromatic heterocycles. The Morgan fingerprint density at radius 1 is 1.15 bits per heavy atom. The van der Waals surface area contributed by atoms with Crippen LogP contribution in [-0.2, 0) is 4.84 Å². The summed E-state index contributed by atoms with van der Waals surface area (Å²) < 4.78 is 16.4. The van der Waals surface area contributed by atoms with Gasteiger partial charge in [-0.05, 0) is 36.5 Å². The van der Waals surface area contributed by atoms with Crippen molar-refractivity contribution in [2.24, 2.45) is 5.16 Å². The monoisotopic (exact) mass is 374 g/mol. The average molecular weight is 374 g/mol. The van der Waals surface area contributed by atoms with Gasteiger partial charge in [0.1, 0.15) is 12.8 Å². The molecule has 1 heterocycles. The molecule has 0 unspecified atom stereocenters. The number of methoxy groups -OCH3 is 3. The molecule has 144 valence electrons. The van der Waals surface area contributed by atoms with E-state index in [0.717, 1.165) is 18.4 Å². The molecule has 1 aliphatic rings. The molecular weight excluding hydrogens is 352 g/mol. The van der Waals surface area contributed by atoms with Crippen LogP contribution in [0, 0.1) is 0 Å². The van der Waals surface area contributed by atoms with Crippen molar-refractivity contribution in [2.75, 3.05) is 28.4 Å². The van der Waals surface area contributed by atoms with Crippen molar-refractivity contribution in [3.8, 4) is 28.4 Å². The highest BCUT2D eigenvalue weighted by molar-refractivity contribution is 6.00. The van der Waals surface area contributed by atoms with Crippen molar-refractivity contribution in [3.63, 3.8) is 0 Å². The van der Waals surface area contributed by atoms with E-state index in [1.54, 1.807) is 13.2 Å². The maximum Gasteiger partial charge on any atom is 0.352 e. The summed E-state index contributed by atoms with van der Waals surface area (Å²) in [7, 11) is 6.03. The van der Waals surface area contributed by atoms with Crippen molar-refractivity contribution >= 4 is 12.2 Å². The van der Waals surface area contributed by atoms with Gasteiger partial charge >= 0.3 is 5.97 Å². The lowest BCUT2D eigenvalue weighted by molar-refractivity contribution is 0.0690. The number of hydrogen-bond donors (Lipinski definition) is 2. The first-order valence-electron chi connectivity index (χ1n) is 8.42. The summed E-state index contributed by atoms with van der Waals surface area (Å²) in [5.74, 6) is 0.570. The zero-order valence-electron chi connectivity index (χ0n) is 15.7. The Hall–Kier alpha value is -3.16. The highest BCUT2D eigenvalue weighted by atomic mass is 16.6. The van der Waals surface area contributed by atoms with E-state index >= 15 is 0 Å². The van der Waals surface area contributed by atoms with E-state index in [1.807, 2.05) is 6.07 Å². The maximum atomic E-state index is 11.8. The van der Waals surface area contributed by atoms with Crippen LogP contribution in [0.3, 0.4) is 0 Å². The van der Waals surface area contributed by atoms with Gasteiger partial charge in [-0.25, -0.2) is 4.79 Å². The smallest absolute Gasteiger partial charge is 0.352 e. The topological polar surface area (TPSA) is 102 Å². The Morgan fingerprint density at radius 3 is 2.37 bits per heavy atom. The van der Waals surface area contributed by atoms with Gasteiger partial charge in [-0.2, -0.15) is 0 Å². The molecule has 0 bridgehead atoms.